The highest BCUT2D eigenvalue weighted by Gasteiger charge is 2.23. The van der Waals surface area contributed by atoms with Gasteiger partial charge in [0.05, 0.1) is 6.17 Å². The summed E-state index contributed by atoms with van der Waals surface area (Å²) in [6.07, 6.45) is -0.659. The normalized spacial score (nSPS) is 12.1. The van der Waals surface area contributed by atoms with Gasteiger partial charge in [-0.25, -0.2) is 14.5 Å². The number of carbonyl (C=O) groups is 2. The molecule has 0 fully saturated rings. The van der Waals surface area contributed by atoms with Crippen molar-refractivity contribution in [2.24, 2.45) is 5.73 Å². The Labute approximate surface area is 83.8 Å². The molecule has 0 heterocycles. The van der Waals surface area contributed by atoms with Crippen molar-refractivity contribution in [2.45, 2.75) is 33.0 Å². The average molecular weight is 202 g/mol. The van der Waals surface area contributed by atoms with Crippen LogP contribution in [0, 0.1) is 0 Å². The Kier molecular flexibility index (Phi) is 4.93. The van der Waals surface area contributed by atoms with Crippen LogP contribution in [-0.4, -0.2) is 36.2 Å². The number of urea groups is 2. The van der Waals surface area contributed by atoms with Gasteiger partial charge in [0, 0.05) is 13.1 Å². The maximum atomic E-state index is 11.5. The number of nitrogens with two attached hydrogens (primary N) is 1. The summed E-state index contributed by atoms with van der Waals surface area (Å²) in [5, 5.41) is 4.93. The van der Waals surface area contributed by atoms with Crippen molar-refractivity contribution in [3.8, 4) is 0 Å². The summed E-state index contributed by atoms with van der Waals surface area (Å²) >= 11 is 0. The fraction of sp³-hybridized carbons (Fsp3) is 0.750. The molecule has 0 aliphatic carbocycles. The summed E-state index contributed by atoms with van der Waals surface area (Å²) in [7, 11) is 1.44. The molecule has 14 heavy (non-hydrogen) atoms. The van der Waals surface area contributed by atoms with Gasteiger partial charge in [-0.3, -0.25) is 0 Å². The van der Waals surface area contributed by atoms with Gasteiger partial charge in [-0.1, -0.05) is 0 Å². The van der Waals surface area contributed by atoms with Crippen LogP contribution in [0.4, 0.5) is 9.59 Å². The fourth-order valence-corrected chi connectivity index (χ4v) is 0.899. The quantitative estimate of drug-likeness (QED) is 0.553. The zero-order valence-electron chi connectivity index (χ0n) is 9.00. The number of amides is 4. The molecular formula is C8H18N4O2. The molecule has 0 aromatic carbocycles. The maximum absolute atomic E-state index is 11.5. The third-order valence-electron chi connectivity index (χ3n) is 1.47. The molecule has 4 N–H and O–H groups in total. The summed E-state index contributed by atoms with van der Waals surface area (Å²) < 4.78 is 0. The van der Waals surface area contributed by atoms with Crippen molar-refractivity contribution < 1.29 is 9.59 Å². The SMILES string of the molecule is CNC(=O)N(C(=O)NC(C)C)C(C)N. The molecule has 0 aliphatic rings. The Balaban J connectivity index is 4.50. The molecule has 4 amide bonds. The molecule has 0 aromatic heterocycles. The van der Waals surface area contributed by atoms with Gasteiger partial charge < -0.3 is 16.4 Å². The van der Waals surface area contributed by atoms with E-state index in [9.17, 15) is 9.59 Å². The molecule has 0 aromatic rings. The van der Waals surface area contributed by atoms with Gasteiger partial charge in [0.25, 0.3) is 0 Å². The molecular weight excluding hydrogens is 184 g/mol. The van der Waals surface area contributed by atoms with E-state index in [1.165, 1.54) is 7.05 Å². The van der Waals surface area contributed by atoms with Gasteiger partial charge in [0.15, 0.2) is 0 Å². The second kappa shape index (κ2) is 5.43. The molecule has 0 aliphatic heterocycles. The third-order valence-corrected chi connectivity index (χ3v) is 1.47. The summed E-state index contributed by atoms with van der Waals surface area (Å²) in [6, 6.07) is -1.04. The van der Waals surface area contributed by atoms with Gasteiger partial charge in [0.1, 0.15) is 0 Å². The Bertz CT molecular complexity index is 215. The molecule has 0 radical (unpaired) electrons. The van der Waals surface area contributed by atoms with E-state index >= 15 is 0 Å². The van der Waals surface area contributed by atoms with Crippen LogP contribution in [0.15, 0.2) is 0 Å². The number of imide groups is 1. The second-order valence-electron chi connectivity index (χ2n) is 3.27. The molecule has 1 atom stereocenters. The van der Waals surface area contributed by atoms with E-state index in [2.05, 4.69) is 10.6 Å². The lowest BCUT2D eigenvalue weighted by Crippen LogP contribution is -2.55. The molecule has 82 valence electrons. The standard InChI is InChI=1S/C8H18N4O2/c1-5(2)11-8(14)12(6(3)9)7(13)10-4/h5-6H,9H2,1-4H3,(H,10,13)(H,11,14). The third kappa shape index (κ3) is 3.61. The van der Waals surface area contributed by atoms with Crippen molar-refractivity contribution in [3.05, 3.63) is 0 Å². The smallest absolute Gasteiger partial charge is 0.327 e. The van der Waals surface area contributed by atoms with E-state index in [1.54, 1.807) is 20.8 Å². The molecule has 0 rings (SSSR count). The molecule has 6 nitrogen and oxygen atoms in total. The zero-order chi connectivity index (χ0) is 11.3. The Morgan fingerprint density at radius 2 is 1.71 bits per heavy atom. The highest BCUT2D eigenvalue weighted by atomic mass is 16.2. The lowest BCUT2D eigenvalue weighted by Gasteiger charge is -2.25. The first-order valence-corrected chi connectivity index (χ1v) is 4.47. The van der Waals surface area contributed by atoms with Crippen LogP contribution in [0.3, 0.4) is 0 Å². The molecule has 0 saturated carbocycles. The number of nitrogens with zero attached hydrogens (tertiary/aromatic N) is 1. The van der Waals surface area contributed by atoms with Gasteiger partial charge >= 0.3 is 12.1 Å². The molecule has 6 heteroatoms. The minimum absolute atomic E-state index is 0.0339. The Hall–Kier alpha value is -1.30. The maximum Gasteiger partial charge on any atom is 0.327 e. The van der Waals surface area contributed by atoms with Crippen molar-refractivity contribution in [1.29, 1.82) is 0 Å². The molecule has 0 bridgehead atoms. The topological polar surface area (TPSA) is 87.5 Å². The van der Waals surface area contributed by atoms with Gasteiger partial charge in [-0.15, -0.1) is 0 Å². The van der Waals surface area contributed by atoms with Crippen molar-refractivity contribution in [3.63, 3.8) is 0 Å². The van der Waals surface area contributed by atoms with Crippen molar-refractivity contribution in [1.82, 2.24) is 15.5 Å². The van der Waals surface area contributed by atoms with E-state index in [1.807, 2.05) is 0 Å². The van der Waals surface area contributed by atoms with Crippen LogP contribution >= 0.6 is 0 Å². The van der Waals surface area contributed by atoms with Crippen LogP contribution in [-0.2, 0) is 0 Å². The van der Waals surface area contributed by atoms with Crippen molar-refractivity contribution >= 4 is 12.1 Å². The summed E-state index contributed by atoms with van der Waals surface area (Å²) in [5.74, 6) is 0. The zero-order valence-corrected chi connectivity index (χ0v) is 9.00. The molecule has 0 spiro atoms. The highest BCUT2D eigenvalue weighted by molar-refractivity contribution is 5.93. The second-order valence-corrected chi connectivity index (χ2v) is 3.27. The Morgan fingerprint density at radius 1 is 1.21 bits per heavy atom. The minimum Gasteiger partial charge on any atom is -0.341 e. The van der Waals surface area contributed by atoms with Crippen LogP contribution < -0.4 is 16.4 Å². The summed E-state index contributed by atoms with van der Waals surface area (Å²) in [6.45, 7) is 5.18. The van der Waals surface area contributed by atoms with Crippen LogP contribution in [0.1, 0.15) is 20.8 Å². The predicted octanol–water partition coefficient (Wildman–Crippen LogP) is 0.0505. The van der Waals surface area contributed by atoms with Crippen LogP contribution in [0.25, 0.3) is 0 Å². The van der Waals surface area contributed by atoms with E-state index < -0.39 is 18.2 Å². The number of nitrogens with one attached hydrogen (secondary N) is 2. The largest absolute Gasteiger partial charge is 0.341 e. The monoisotopic (exact) mass is 202 g/mol. The van der Waals surface area contributed by atoms with Crippen LogP contribution in [0.5, 0.6) is 0 Å². The van der Waals surface area contributed by atoms with E-state index in [0.717, 1.165) is 4.90 Å². The fourth-order valence-electron chi connectivity index (χ4n) is 0.899. The minimum atomic E-state index is -0.659. The van der Waals surface area contributed by atoms with Crippen LogP contribution in [0.2, 0.25) is 0 Å². The predicted molar refractivity (Wildman–Crippen MR) is 53.6 cm³/mol. The first-order valence-electron chi connectivity index (χ1n) is 4.47. The first kappa shape index (κ1) is 12.7. The lowest BCUT2D eigenvalue weighted by atomic mass is 10.4. The van der Waals surface area contributed by atoms with Gasteiger partial charge in [0.2, 0.25) is 0 Å². The van der Waals surface area contributed by atoms with Gasteiger partial charge in [-0.05, 0) is 20.8 Å². The number of carbonyl (C=O) groups excluding carboxylic acids is 2. The first-order chi connectivity index (χ1) is 6.40. The van der Waals surface area contributed by atoms with Crippen molar-refractivity contribution in [2.75, 3.05) is 7.05 Å². The average Bonchev–Trinajstić information content (AvgIpc) is 2.01. The van der Waals surface area contributed by atoms with E-state index in [-0.39, 0.29) is 6.04 Å². The number of hydrogen-bond donors (Lipinski definition) is 3. The Morgan fingerprint density at radius 3 is 2.00 bits per heavy atom. The number of hydrogen-bond acceptors (Lipinski definition) is 3. The number of rotatable bonds is 2. The van der Waals surface area contributed by atoms with E-state index in [4.69, 9.17) is 5.73 Å². The summed E-state index contributed by atoms with van der Waals surface area (Å²) in [5.41, 5.74) is 5.49. The molecule has 0 saturated heterocycles. The highest BCUT2D eigenvalue weighted by Crippen LogP contribution is 1.95. The lowest BCUT2D eigenvalue weighted by molar-refractivity contribution is 0.173. The molecule has 1 unspecified atom stereocenters. The van der Waals surface area contributed by atoms with Gasteiger partial charge in [-0.2, -0.15) is 0 Å². The summed E-state index contributed by atoms with van der Waals surface area (Å²) in [4.78, 5) is 23.7. The van der Waals surface area contributed by atoms with E-state index in [0.29, 0.717) is 0 Å².